The van der Waals surface area contributed by atoms with Crippen molar-refractivity contribution in [2.24, 2.45) is 5.73 Å². The van der Waals surface area contributed by atoms with Crippen LogP contribution in [0.2, 0.25) is 0 Å². The van der Waals surface area contributed by atoms with Crippen LogP contribution < -0.4 is 29.4 Å². The molecule has 3 aromatic rings. The average Bonchev–Trinajstić information content (AvgIpc) is 2.92. The van der Waals surface area contributed by atoms with Gasteiger partial charge >= 0.3 is 5.97 Å². The van der Waals surface area contributed by atoms with Gasteiger partial charge in [-0.1, -0.05) is 32.0 Å². The van der Waals surface area contributed by atoms with Crippen LogP contribution in [0.5, 0.6) is 28.7 Å². The van der Waals surface area contributed by atoms with Crippen LogP contribution in [0.15, 0.2) is 72.1 Å². The van der Waals surface area contributed by atoms with Crippen molar-refractivity contribution in [2.45, 2.75) is 38.7 Å². The minimum atomic E-state index is -0.846. The number of esters is 1. The summed E-state index contributed by atoms with van der Waals surface area (Å²) in [5.41, 5.74) is 8.91. The minimum Gasteiger partial charge on any atom is -0.497 e. The summed E-state index contributed by atoms with van der Waals surface area (Å²) in [6.07, 6.45) is -0.846. The maximum Gasteiger partial charge on any atom is 0.352 e. The molecule has 4 rings (SSSR count). The first-order valence-electron chi connectivity index (χ1n) is 12.2. The van der Waals surface area contributed by atoms with E-state index in [9.17, 15) is 10.1 Å². The summed E-state index contributed by atoms with van der Waals surface area (Å²) in [5, 5.41) is 9.88. The second-order valence-electron chi connectivity index (χ2n) is 9.14. The molecule has 0 spiro atoms. The van der Waals surface area contributed by atoms with Crippen LogP contribution in [0.25, 0.3) is 0 Å². The van der Waals surface area contributed by atoms with E-state index in [-0.39, 0.29) is 17.2 Å². The number of hydrogen-bond acceptors (Lipinski definition) is 8. The molecule has 1 aliphatic heterocycles. The Labute approximate surface area is 222 Å². The van der Waals surface area contributed by atoms with Gasteiger partial charge in [0, 0.05) is 17.2 Å². The first-order valence-corrected chi connectivity index (χ1v) is 12.2. The zero-order chi connectivity index (χ0) is 27.4. The van der Waals surface area contributed by atoms with E-state index in [1.54, 1.807) is 57.5 Å². The number of nitrogens with zero attached hydrogens (tertiary/aromatic N) is 1. The molecule has 8 heteroatoms. The molecule has 196 valence electrons. The van der Waals surface area contributed by atoms with Crippen LogP contribution in [-0.4, -0.2) is 26.3 Å². The molecule has 0 fully saturated rings. The Morgan fingerprint density at radius 3 is 2.24 bits per heavy atom. The van der Waals surface area contributed by atoms with Gasteiger partial charge in [0.2, 0.25) is 5.88 Å². The smallest absolute Gasteiger partial charge is 0.352 e. The van der Waals surface area contributed by atoms with Gasteiger partial charge in [-0.2, -0.15) is 5.26 Å². The molecule has 0 saturated heterocycles. The third kappa shape index (κ3) is 5.37. The predicted octanol–water partition coefficient (Wildman–Crippen LogP) is 5.42. The average molecular weight is 515 g/mol. The number of rotatable bonds is 8. The highest BCUT2D eigenvalue weighted by Gasteiger charge is 2.33. The van der Waals surface area contributed by atoms with Gasteiger partial charge in [-0.25, -0.2) is 4.79 Å². The number of nitrogens with two attached hydrogens (primary N) is 1. The van der Waals surface area contributed by atoms with Gasteiger partial charge < -0.3 is 29.4 Å². The van der Waals surface area contributed by atoms with Gasteiger partial charge in [0.1, 0.15) is 40.4 Å². The molecule has 3 aromatic carbocycles. The third-order valence-corrected chi connectivity index (χ3v) is 6.35. The van der Waals surface area contributed by atoms with E-state index in [0.717, 1.165) is 0 Å². The fourth-order valence-electron chi connectivity index (χ4n) is 4.27. The number of carbonyl (C=O) groups excluding carboxylic acids is 1. The van der Waals surface area contributed by atoms with E-state index in [1.165, 1.54) is 5.56 Å². The van der Waals surface area contributed by atoms with E-state index in [0.29, 0.717) is 40.0 Å². The number of ether oxygens (including phenoxy) is 5. The third-order valence-electron chi connectivity index (χ3n) is 6.35. The lowest BCUT2D eigenvalue weighted by Gasteiger charge is -2.28. The highest BCUT2D eigenvalue weighted by Crippen LogP contribution is 2.46. The Morgan fingerprint density at radius 1 is 0.921 bits per heavy atom. The van der Waals surface area contributed by atoms with E-state index in [1.807, 2.05) is 24.3 Å². The van der Waals surface area contributed by atoms with Crippen LogP contribution in [0.1, 0.15) is 49.3 Å². The van der Waals surface area contributed by atoms with Gasteiger partial charge in [0.15, 0.2) is 6.10 Å². The van der Waals surface area contributed by atoms with Crippen LogP contribution >= 0.6 is 0 Å². The fourth-order valence-corrected chi connectivity index (χ4v) is 4.27. The highest BCUT2D eigenvalue weighted by molar-refractivity contribution is 5.77. The summed E-state index contributed by atoms with van der Waals surface area (Å²) in [4.78, 5) is 12.8. The van der Waals surface area contributed by atoms with Gasteiger partial charge in [-0.3, -0.25) is 0 Å². The van der Waals surface area contributed by atoms with Crippen molar-refractivity contribution in [2.75, 3.05) is 14.2 Å². The summed E-state index contributed by atoms with van der Waals surface area (Å²) in [7, 11) is 3.11. The number of methoxy groups -OCH3 is 2. The summed E-state index contributed by atoms with van der Waals surface area (Å²) in [6.45, 7) is 5.84. The van der Waals surface area contributed by atoms with Crippen LogP contribution in [0.4, 0.5) is 0 Å². The molecule has 2 atom stereocenters. The Balaban J connectivity index is 1.59. The lowest BCUT2D eigenvalue weighted by Crippen LogP contribution is -2.28. The van der Waals surface area contributed by atoms with E-state index >= 15 is 0 Å². The van der Waals surface area contributed by atoms with Crippen molar-refractivity contribution in [3.63, 3.8) is 0 Å². The monoisotopic (exact) mass is 514 g/mol. The topological polar surface area (TPSA) is 113 Å². The number of nitriles is 1. The molecule has 38 heavy (non-hydrogen) atoms. The number of allylic oxidation sites excluding steroid dienone is 1. The van der Waals surface area contributed by atoms with Crippen molar-refractivity contribution in [1.82, 2.24) is 0 Å². The molecule has 1 aliphatic rings. The van der Waals surface area contributed by atoms with Gasteiger partial charge in [0.05, 0.1) is 20.1 Å². The molecule has 0 aliphatic carbocycles. The minimum absolute atomic E-state index is 0.0418. The zero-order valence-corrected chi connectivity index (χ0v) is 22.0. The first kappa shape index (κ1) is 26.4. The zero-order valence-electron chi connectivity index (χ0n) is 22.0. The van der Waals surface area contributed by atoms with E-state index < -0.39 is 18.0 Å². The Kier molecular flexibility index (Phi) is 7.77. The second-order valence-corrected chi connectivity index (χ2v) is 9.14. The lowest BCUT2D eigenvalue weighted by molar-refractivity contribution is -0.141. The number of hydrogen-bond donors (Lipinski definition) is 1. The summed E-state index contributed by atoms with van der Waals surface area (Å²) in [5.74, 6) is 1.56. The molecule has 8 nitrogen and oxygen atoms in total. The van der Waals surface area contributed by atoms with Crippen LogP contribution in [0.3, 0.4) is 0 Å². The maximum absolute atomic E-state index is 12.8. The molecular formula is C30H30N2O6. The Morgan fingerprint density at radius 2 is 1.61 bits per heavy atom. The molecule has 1 heterocycles. The van der Waals surface area contributed by atoms with E-state index in [4.69, 9.17) is 29.4 Å². The first-order chi connectivity index (χ1) is 18.2. The summed E-state index contributed by atoms with van der Waals surface area (Å²) in [6, 6.07) is 20.0. The normalized spacial score (nSPS) is 15.1. The number of benzene rings is 3. The van der Waals surface area contributed by atoms with Gasteiger partial charge in [0.25, 0.3) is 0 Å². The summed E-state index contributed by atoms with van der Waals surface area (Å²) < 4.78 is 28.1. The van der Waals surface area contributed by atoms with Gasteiger partial charge in [-0.15, -0.1) is 0 Å². The van der Waals surface area contributed by atoms with Crippen molar-refractivity contribution in [3.05, 3.63) is 88.8 Å². The van der Waals surface area contributed by atoms with Crippen molar-refractivity contribution in [3.8, 4) is 34.8 Å². The molecule has 0 saturated carbocycles. The van der Waals surface area contributed by atoms with Crippen LogP contribution in [0, 0.1) is 11.3 Å². The van der Waals surface area contributed by atoms with Crippen molar-refractivity contribution in [1.29, 1.82) is 5.26 Å². The molecule has 0 radical (unpaired) electrons. The largest absolute Gasteiger partial charge is 0.497 e. The molecule has 0 bridgehead atoms. The Hall–Kier alpha value is -4.64. The van der Waals surface area contributed by atoms with Crippen LogP contribution in [-0.2, 0) is 4.79 Å². The molecule has 2 unspecified atom stereocenters. The molecular weight excluding hydrogens is 484 g/mol. The maximum atomic E-state index is 12.8. The predicted molar refractivity (Wildman–Crippen MR) is 142 cm³/mol. The quantitative estimate of drug-likeness (QED) is 0.313. The Bertz CT molecular complexity index is 1410. The van der Waals surface area contributed by atoms with E-state index in [2.05, 4.69) is 19.9 Å². The number of fused-ring (bicyclic) bond motifs is 1. The molecule has 0 aromatic heterocycles. The number of carbonyl (C=O) groups is 1. The lowest BCUT2D eigenvalue weighted by atomic mass is 9.83. The van der Waals surface area contributed by atoms with Gasteiger partial charge in [-0.05, 0) is 54.8 Å². The van der Waals surface area contributed by atoms with Crippen molar-refractivity contribution < 1.29 is 28.5 Å². The molecule has 2 N–H and O–H groups in total. The fraction of sp³-hybridized carbons (Fsp3) is 0.267. The van der Waals surface area contributed by atoms with Crippen molar-refractivity contribution >= 4 is 5.97 Å². The SMILES string of the molecule is COc1ccc(OC)c(C2C(C#N)=C(N)Oc3cc(OC(=O)C(C)Oc4ccc(C(C)C)cc4)ccc32)c1. The summed E-state index contributed by atoms with van der Waals surface area (Å²) >= 11 is 0. The molecule has 0 amide bonds. The second kappa shape index (κ2) is 11.2. The standard InChI is InChI=1S/C30H30N2O6/c1-17(2)19-6-8-20(9-7-19)36-18(3)30(33)37-22-10-12-23-27(15-22)38-29(32)25(16-31)28(23)24-14-21(34-4)11-13-26(24)35-5/h6-15,17-18,28H,32H2,1-5H3. The highest BCUT2D eigenvalue weighted by atomic mass is 16.6.